The number of aromatic nitrogens is 2. The van der Waals surface area contributed by atoms with E-state index in [9.17, 15) is 9.59 Å². The molecule has 0 bridgehead atoms. The predicted octanol–water partition coefficient (Wildman–Crippen LogP) is -0.332. The molecule has 14 heavy (non-hydrogen) atoms. The van der Waals surface area contributed by atoms with Crippen LogP contribution in [0.2, 0.25) is 0 Å². The number of carbonyl (C=O) groups is 2. The molecule has 0 atom stereocenters. The van der Waals surface area contributed by atoms with E-state index >= 15 is 0 Å². The van der Waals surface area contributed by atoms with Gasteiger partial charge >= 0.3 is 0 Å². The number of nitrogens with one attached hydrogen (secondary N) is 1. The summed E-state index contributed by atoms with van der Waals surface area (Å²) in [7, 11) is 1.84. The molecule has 1 aromatic rings. The normalized spacial score (nSPS) is 9.86. The van der Waals surface area contributed by atoms with Crippen molar-refractivity contribution in [2.24, 2.45) is 7.05 Å². The first-order chi connectivity index (χ1) is 6.58. The molecule has 0 aliphatic rings. The van der Waals surface area contributed by atoms with Gasteiger partial charge in [-0.1, -0.05) is 0 Å². The first-order valence-corrected chi connectivity index (χ1v) is 4.31. The van der Waals surface area contributed by atoms with Crippen molar-refractivity contribution >= 4 is 11.7 Å². The number of rotatable bonds is 4. The highest BCUT2D eigenvalue weighted by Crippen LogP contribution is 1.94. The van der Waals surface area contributed by atoms with E-state index in [1.807, 2.05) is 7.05 Å². The Hall–Kier alpha value is -1.65. The minimum Gasteiger partial charge on any atom is -0.349 e. The first-order valence-electron chi connectivity index (χ1n) is 4.31. The molecule has 0 aromatic carbocycles. The molecule has 5 heteroatoms. The van der Waals surface area contributed by atoms with Gasteiger partial charge in [0.05, 0.1) is 25.0 Å². The van der Waals surface area contributed by atoms with Gasteiger partial charge < -0.3 is 9.88 Å². The molecular weight excluding hydrogens is 182 g/mol. The van der Waals surface area contributed by atoms with E-state index in [0.29, 0.717) is 5.69 Å². The molecule has 0 fully saturated rings. The Kier molecular flexibility index (Phi) is 3.39. The summed E-state index contributed by atoms with van der Waals surface area (Å²) < 4.78 is 1.77. The lowest BCUT2D eigenvalue weighted by atomic mass is 10.3. The van der Waals surface area contributed by atoms with Gasteiger partial charge in [0.25, 0.3) is 0 Å². The fourth-order valence-corrected chi connectivity index (χ4v) is 1.01. The van der Waals surface area contributed by atoms with Crippen LogP contribution in [0.4, 0.5) is 0 Å². The van der Waals surface area contributed by atoms with Crippen LogP contribution < -0.4 is 5.32 Å². The van der Waals surface area contributed by atoms with Crippen LogP contribution in [-0.2, 0) is 23.1 Å². The molecule has 0 saturated carbocycles. The number of aryl methyl sites for hydroxylation is 1. The second-order valence-electron chi connectivity index (χ2n) is 3.19. The molecule has 1 amide bonds. The van der Waals surface area contributed by atoms with Crippen LogP contribution in [0.3, 0.4) is 0 Å². The van der Waals surface area contributed by atoms with Gasteiger partial charge in [0.1, 0.15) is 5.78 Å². The zero-order chi connectivity index (χ0) is 10.6. The average molecular weight is 195 g/mol. The van der Waals surface area contributed by atoms with Crippen LogP contribution >= 0.6 is 0 Å². The van der Waals surface area contributed by atoms with Crippen LogP contribution in [0, 0.1) is 0 Å². The fraction of sp³-hybridized carbons (Fsp3) is 0.444. The second kappa shape index (κ2) is 4.55. The second-order valence-corrected chi connectivity index (χ2v) is 3.19. The van der Waals surface area contributed by atoms with Crippen LogP contribution in [0.1, 0.15) is 12.6 Å². The van der Waals surface area contributed by atoms with Gasteiger partial charge in [0.2, 0.25) is 5.91 Å². The summed E-state index contributed by atoms with van der Waals surface area (Å²) in [5.74, 6) is -0.238. The smallest absolute Gasteiger partial charge is 0.226 e. The summed E-state index contributed by atoms with van der Waals surface area (Å²) in [4.78, 5) is 25.8. The highest BCUT2D eigenvalue weighted by atomic mass is 16.2. The van der Waals surface area contributed by atoms with Crippen molar-refractivity contribution in [2.45, 2.75) is 13.3 Å². The van der Waals surface area contributed by atoms with Gasteiger partial charge in [-0.3, -0.25) is 9.59 Å². The van der Waals surface area contributed by atoms with E-state index in [0.717, 1.165) is 0 Å². The number of amides is 1. The molecule has 0 unspecified atom stereocenters. The molecule has 1 heterocycles. The third-order valence-corrected chi connectivity index (χ3v) is 1.63. The van der Waals surface area contributed by atoms with Gasteiger partial charge in [0.15, 0.2) is 0 Å². The molecular formula is C9H13N3O2. The molecule has 0 saturated heterocycles. The van der Waals surface area contributed by atoms with Gasteiger partial charge in [0, 0.05) is 13.2 Å². The maximum Gasteiger partial charge on any atom is 0.226 e. The van der Waals surface area contributed by atoms with Crippen molar-refractivity contribution in [1.82, 2.24) is 14.9 Å². The van der Waals surface area contributed by atoms with E-state index in [2.05, 4.69) is 10.3 Å². The highest BCUT2D eigenvalue weighted by Gasteiger charge is 2.05. The van der Waals surface area contributed by atoms with E-state index in [1.54, 1.807) is 17.1 Å². The lowest BCUT2D eigenvalue weighted by molar-refractivity contribution is -0.124. The Morgan fingerprint density at radius 2 is 2.29 bits per heavy atom. The van der Waals surface area contributed by atoms with E-state index in [1.165, 1.54) is 6.92 Å². The molecule has 1 rings (SSSR count). The maximum atomic E-state index is 11.2. The third kappa shape index (κ3) is 3.38. The molecule has 0 spiro atoms. The SMILES string of the molecule is CC(=O)CNC(=O)Cc1cn(C)cn1. The van der Waals surface area contributed by atoms with Crippen molar-refractivity contribution < 1.29 is 9.59 Å². The molecule has 1 N–H and O–H groups in total. The third-order valence-electron chi connectivity index (χ3n) is 1.63. The number of hydrogen-bond donors (Lipinski definition) is 1. The zero-order valence-corrected chi connectivity index (χ0v) is 8.28. The van der Waals surface area contributed by atoms with Crippen molar-refractivity contribution in [3.63, 3.8) is 0 Å². The predicted molar refractivity (Wildman–Crippen MR) is 50.6 cm³/mol. The van der Waals surface area contributed by atoms with E-state index in [-0.39, 0.29) is 24.7 Å². The Morgan fingerprint density at radius 1 is 1.57 bits per heavy atom. The summed E-state index contributed by atoms with van der Waals surface area (Å²) in [6.45, 7) is 1.52. The van der Waals surface area contributed by atoms with Gasteiger partial charge in [-0.2, -0.15) is 0 Å². The summed E-state index contributed by atoms with van der Waals surface area (Å²) in [5.41, 5.74) is 0.702. The molecule has 0 aliphatic heterocycles. The van der Waals surface area contributed by atoms with E-state index < -0.39 is 0 Å². The largest absolute Gasteiger partial charge is 0.349 e. The van der Waals surface area contributed by atoms with Crippen LogP contribution in [0.25, 0.3) is 0 Å². The number of nitrogens with zero attached hydrogens (tertiary/aromatic N) is 2. The molecule has 0 radical (unpaired) electrons. The topological polar surface area (TPSA) is 64.0 Å². The Morgan fingerprint density at radius 3 is 2.79 bits per heavy atom. The van der Waals surface area contributed by atoms with Crippen molar-refractivity contribution in [2.75, 3.05) is 6.54 Å². The summed E-state index contributed by atoms with van der Waals surface area (Å²) in [5, 5.41) is 2.50. The number of carbonyl (C=O) groups excluding carboxylic acids is 2. The highest BCUT2D eigenvalue weighted by molar-refractivity contribution is 5.85. The molecule has 5 nitrogen and oxygen atoms in total. The molecule has 0 aliphatic carbocycles. The quantitative estimate of drug-likeness (QED) is 0.715. The van der Waals surface area contributed by atoms with Gasteiger partial charge in [-0.05, 0) is 6.92 Å². The van der Waals surface area contributed by atoms with Crippen LogP contribution in [-0.4, -0.2) is 27.8 Å². The standard InChI is InChI=1S/C9H13N3O2/c1-7(13)4-10-9(14)3-8-5-12(2)6-11-8/h5-6H,3-4H2,1-2H3,(H,10,14). The minimum absolute atomic E-state index is 0.0561. The molecule has 1 aromatic heterocycles. The number of Topliss-reactive ketones (excluding diaryl/α,β-unsaturated/α-hetero) is 1. The maximum absolute atomic E-state index is 11.2. The number of ketones is 1. The number of imidazole rings is 1. The fourth-order valence-electron chi connectivity index (χ4n) is 1.01. The summed E-state index contributed by atoms with van der Waals surface area (Å²) in [6.07, 6.45) is 3.62. The Labute approximate surface area is 82.1 Å². The van der Waals surface area contributed by atoms with E-state index in [4.69, 9.17) is 0 Å². The molecule has 76 valence electrons. The monoisotopic (exact) mass is 195 g/mol. The average Bonchev–Trinajstić information content (AvgIpc) is 2.48. The Bertz CT molecular complexity index is 344. The van der Waals surface area contributed by atoms with Crippen molar-refractivity contribution in [3.8, 4) is 0 Å². The summed E-state index contributed by atoms with van der Waals surface area (Å²) >= 11 is 0. The lowest BCUT2D eigenvalue weighted by Gasteiger charge is -1.99. The Balaban J connectivity index is 2.37. The minimum atomic E-state index is -0.182. The van der Waals surface area contributed by atoms with Crippen molar-refractivity contribution in [3.05, 3.63) is 18.2 Å². The van der Waals surface area contributed by atoms with Crippen LogP contribution in [0.15, 0.2) is 12.5 Å². The zero-order valence-electron chi connectivity index (χ0n) is 8.28. The summed E-state index contributed by atoms with van der Waals surface area (Å²) in [6, 6.07) is 0. The lowest BCUT2D eigenvalue weighted by Crippen LogP contribution is -2.29. The number of hydrogen-bond acceptors (Lipinski definition) is 3. The van der Waals surface area contributed by atoms with Crippen LogP contribution in [0.5, 0.6) is 0 Å². The van der Waals surface area contributed by atoms with Crippen molar-refractivity contribution in [1.29, 1.82) is 0 Å². The van der Waals surface area contributed by atoms with Gasteiger partial charge in [-0.25, -0.2) is 4.98 Å². The first kappa shape index (κ1) is 10.4. The van der Waals surface area contributed by atoms with Gasteiger partial charge in [-0.15, -0.1) is 0 Å².